The molecule has 0 fully saturated rings. The fourth-order valence-electron chi connectivity index (χ4n) is 1.42. The van der Waals surface area contributed by atoms with Crippen LogP contribution in [0, 0.1) is 0 Å². The molecular formula is C12H14N4OS. The second-order valence-electron chi connectivity index (χ2n) is 3.64. The molecule has 18 heavy (non-hydrogen) atoms. The number of hydrogen-bond acceptors (Lipinski definition) is 4. The third-order valence-electron chi connectivity index (χ3n) is 2.42. The van der Waals surface area contributed by atoms with Gasteiger partial charge in [-0.05, 0) is 30.5 Å². The van der Waals surface area contributed by atoms with E-state index in [4.69, 9.17) is 0 Å². The SMILES string of the molecule is CCc1nc(C(=O)Nc2ccc(SC)cc2)n[nH]1. The number of nitrogens with one attached hydrogen (secondary N) is 2. The Balaban J connectivity index is 2.06. The van der Waals surface area contributed by atoms with E-state index in [1.807, 2.05) is 37.4 Å². The topological polar surface area (TPSA) is 70.7 Å². The summed E-state index contributed by atoms with van der Waals surface area (Å²) >= 11 is 1.66. The zero-order chi connectivity index (χ0) is 13.0. The molecule has 1 heterocycles. The van der Waals surface area contributed by atoms with Crippen LogP contribution >= 0.6 is 11.8 Å². The summed E-state index contributed by atoms with van der Waals surface area (Å²) in [5, 5.41) is 9.33. The molecule has 6 heteroatoms. The van der Waals surface area contributed by atoms with Gasteiger partial charge in [-0.25, -0.2) is 4.98 Å². The first-order valence-corrected chi connectivity index (χ1v) is 6.82. The van der Waals surface area contributed by atoms with Crippen molar-refractivity contribution in [2.24, 2.45) is 0 Å². The van der Waals surface area contributed by atoms with Crippen LogP contribution in [0.1, 0.15) is 23.4 Å². The van der Waals surface area contributed by atoms with Gasteiger partial charge in [0, 0.05) is 17.0 Å². The summed E-state index contributed by atoms with van der Waals surface area (Å²) in [7, 11) is 0. The summed E-state index contributed by atoms with van der Waals surface area (Å²) in [5.41, 5.74) is 0.737. The Hall–Kier alpha value is -1.82. The highest BCUT2D eigenvalue weighted by Crippen LogP contribution is 2.17. The minimum atomic E-state index is -0.303. The number of anilines is 1. The van der Waals surface area contributed by atoms with Crippen molar-refractivity contribution in [1.82, 2.24) is 15.2 Å². The number of amides is 1. The number of thioether (sulfide) groups is 1. The highest BCUT2D eigenvalue weighted by Gasteiger charge is 2.11. The summed E-state index contributed by atoms with van der Waals surface area (Å²) in [6.45, 7) is 1.95. The number of carbonyl (C=O) groups is 1. The molecule has 94 valence electrons. The quantitative estimate of drug-likeness (QED) is 0.830. The molecule has 0 saturated carbocycles. The van der Waals surface area contributed by atoms with Gasteiger partial charge in [0.25, 0.3) is 5.91 Å². The number of carbonyl (C=O) groups excluding carboxylic acids is 1. The van der Waals surface area contributed by atoms with Crippen molar-refractivity contribution < 1.29 is 4.79 Å². The van der Waals surface area contributed by atoms with Crippen LogP contribution in [0.2, 0.25) is 0 Å². The molecule has 0 unspecified atom stereocenters. The number of aromatic nitrogens is 3. The minimum absolute atomic E-state index is 0.167. The summed E-state index contributed by atoms with van der Waals surface area (Å²) in [4.78, 5) is 17.1. The average Bonchev–Trinajstić information content (AvgIpc) is 2.88. The second kappa shape index (κ2) is 5.68. The molecule has 0 bridgehead atoms. The normalized spacial score (nSPS) is 10.3. The highest BCUT2D eigenvalue weighted by molar-refractivity contribution is 7.98. The summed E-state index contributed by atoms with van der Waals surface area (Å²) in [6, 6.07) is 7.62. The first-order chi connectivity index (χ1) is 8.72. The number of benzene rings is 1. The molecule has 0 aliphatic rings. The molecule has 0 aliphatic heterocycles. The lowest BCUT2D eigenvalue weighted by atomic mass is 10.3. The molecule has 1 amide bonds. The van der Waals surface area contributed by atoms with E-state index in [9.17, 15) is 4.79 Å². The van der Waals surface area contributed by atoms with Gasteiger partial charge in [0.1, 0.15) is 5.82 Å². The van der Waals surface area contributed by atoms with Gasteiger partial charge in [0.15, 0.2) is 0 Å². The number of aryl methyl sites for hydroxylation is 1. The molecular weight excluding hydrogens is 248 g/mol. The number of H-pyrrole nitrogens is 1. The maximum Gasteiger partial charge on any atom is 0.295 e. The smallest absolute Gasteiger partial charge is 0.295 e. The zero-order valence-corrected chi connectivity index (χ0v) is 11.0. The Morgan fingerprint density at radius 3 is 2.67 bits per heavy atom. The molecule has 0 atom stereocenters. The molecule has 2 aromatic rings. The number of nitrogens with zero attached hydrogens (tertiary/aromatic N) is 2. The maximum atomic E-state index is 11.8. The largest absolute Gasteiger partial charge is 0.319 e. The molecule has 0 spiro atoms. The Morgan fingerprint density at radius 2 is 2.11 bits per heavy atom. The van der Waals surface area contributed by atoms with E-state index in [2.05, 4.69) is 20.5 Å². The summed E-state index contributed by atoms with van der Waals surface area (Å²) < 4.78 is 0. The monoisotopic (exact) mass is 262 g/mol. The van der Waals surface area contributed by atoms with Crippen LogP contribution in [0.4, 0.5) is 5.69 Å². The van der Waals surface area contributed by atoms with Crippen molar-refractivity contribution in [2.45, 2.75) is 18.2 Å². The predicted octanol–water partition coefficient (Wildman–Crippen LogP) is 2.34. The molecule has 0 radical (unpaired) electrons. The Labute approximate surface area is 109 Å². The van der Waals surface area contributed by atoms with Crippen molar-refractivity contribution in [3.63, 3.8) is 0 Å². The van der Waals surface area contributed by atoms with Crippen LogP contribution in [0.15, 0.2) is 29.2 Å². The Morgan fingerprint density at radius 1 is 1.39 bits per heavy atom. The predicted molar refractivity (Wildman–Crippen MR) is 71.9 cm³/mol. The van der Waals surface area contributed by atoms with Gasteiger partial charge in [-0.15, -0.1) is 16.9 Å². The summed E-state index contributed by atoms with van der Waals surface area (Å²) in [5.74, 6) is 0.571. The van der Waals surface area contributed by atoms with Crippen LogP contribution in [0.5, 0.6) is 0 Å². The van der Waals surface area contributed by atoms with Gasteiger partial charge in [-0.1, -0.05) is 6.92 Å². The maximum absolute atomic E-state index is 11.8. The van der Waals surface area contributed by atoms with Crippen LogP contribution < -0.4 is 5.32 Å². The van der Waals surface area contributed by atoms with E-state index in [0.717, 1.165) is 17.0 Å². The van der Waals surface area contributed by atoms with E-state index < -0.39 is 0 Å². The lowest BCUT2D eigenvalue weighted by Gasteiger charge is -2.03. The standard InChI is InChI=1S/C12H14N4OS/c1-3-10-14-11(16-15-10)12(17)13-8-4-6-9(18-2)7-5-8/h4-7H,3H2,1-2H3,(H,13,17)(H,14,15,16). The van der Waals surface area contributed by atoms with Crippen LogP contribution in [0.3, 0.4) is 0 Å². The lowest BCUT2D eigenvalue weighted by molar-refractivity contribution is 0.101. The average molecular weight is 262 g/mol. The van der Waals surface area contributed by atoms with Gasteiger partial charge in [-0.3, -0.25) is 9.89 Å². The van der Waals surface area contributed by atoms with Crippen LogP contribution in [-0.2, 0) is 6.42 Å². The molecule has 0 saturated heterocycles. The fraction of sp³-hybridized carbons (Fsp3) is 0.250. The van der Waals surface area contributed by atoms with Gasteiger partial charge in [0.05, 0.1) is 0 Å². The molecule has 1 aromatic carbocycles. The lowest BCUT2D eigenvalue weighted by Crippen LogP contribution is -2.13. The Kier molecular flexibility index (Phi) is 3.99. The molecule has 2 N–H and O–H groups in total. The van der Waals surface area contributed by atoms with E-state index >= 15 is 0 Å². The van der Waals surface area contributed by atoms with Crippen molar-refractivity contribution >= 4 is 23.4 Å². The van der Waals surface area contributed by atoms with Crippen LogP contribution in [0.25, 0.3) is 0 Å². The second-order valence-corrected chi connectivity index (χ2v) is 4.52. The van der Waals surface area contributed by atoms with Gasteiger partial charge >= 0.3 is 0 Å². The molecule has 5 nitrogen and oxygen atoms in total. The van der Waals surface area contributed by atoms with Crippen molar-refractivity contribution in [3.8, 4) is 0 Å². The molecule has 1 aromatic heterocycles. The van der Waals surface area contributed by atoms with E-state index in [1.165, 1.54) is 0 Å². The van der Waals surface area contributed by atoms with Crippen molar-refractivity contribution in [2.75, 3.05) is 11.6 Å². The zero-order valence-electron chi connectivity index (χ0n) is 10.2. The van der Waals surface area contributed by atoms with E-state index in [0.29, 0.717) is 5.82 Å². The van der Waals surface area contributed by atoms with Crippen molar-refractivity contribution in [1.29, 1.82) is 0 Å². The van der Waals surface area contributed by atoms with Gasteiger partial charge in [-0.2, -0.15) is 0 Å². The van der Waals surface area contributed by atoms with E-state index in [-0.39, 0.29) is 11.7 Å². The number of rotatable bonds is 4. The van der Waals surface area contributed by atoms with Gasteiger partial charge < -0.3 is 5.32 Å². The fourth-order valence-corrected chi connectivity index (χ4v) is 1.82. The van der Waals surface area contributed by atoms with Crippen molar-refractivity contribution in [3.05, 3.63) is 35.9 Å². The van der Waals surface area contributed by atoms with Gasteiger partial charge in [0.2, 0.25) is 5.82 Å². The third-order valence-corrected chi connectivity index (χ3v) is 3.16. The van der Waals surface area contributed by atoms with Crippen LogP contribution in [-0.4, -0.2) is 27.3 Å². The summed E-state index contributed by atoms with van der Waals surface area (Å²) in [6.07, 6.45) is 2.73. The Bertz CT molecular complexity index is 535. The molecule has 2 rings (SSSR count). The first kappa shape index (κ1) is 12.6. The minimum Gasteiger partial charge on any atom is -0.319 e. The number of hydrogen-bond donors (Lipinski definition) is 2. The number of aromatic amines is 1. The van der Waals surface area contributed by atoms with E-state index in [1.54, 1.807) is 11.8 Å². The molecule has 0 aliphatic carbocycles. The first-order valence-electron chi connectivity index (χ1n) is 5.59. The highest BCUT2D eigenvalue weighted by atomic mass is 32.2. The third kappa shape index (κ3) is 2.89.